The van der Waals surface area contributed by atoms with E-state index >= 15 is 0 Å². The lowest BCUT2D eigenvalue weighted by molar-refractivity contribution is -0.197. The number of ether oxygens (including phenoxy) is 3. The summed E-state index contributed by atoms with van der Waals surface area (Å²) in [5.41, 5.74) is 0. The average molecular weight is 267 g/mol. The van der Waals surface area contributed by atoms with Crippen LogP contribution >= 0.6 is 0 Å². The molecule has 2 saturated heterocycles. The molecule has 0 saturated carbocycles. The van der Waals surface area contributed by atoms with Crippen LogP contribution in [0.3, 0.4) is 0 Å². The van der Waals surface area contributed by atoms with Gasteiger partial charge in [-0.2, -0.15) is 0 Å². The van der Waals surface area contributed by atoms with Gasteiger partial charge in [-0.15, -0.1) is 6.42 Å². The minimum Gasteiger partial charge on any atom is -0.450 e. The number of amides is 1. The monoisotopic (exact) mass is 267 g/mol. The lowest BCUT2D eigenvalue weighted by Gasteiger charge is -2.47. The molecule has 0 bridgehead atoms. The number of carbonyl (C=O) groups is 2. The summed E-state index contributed by atoms with van der Waals surface area (Å²) in [6, 6.07) is -0.380. The van der Waals surface area contributed by atoms with Gasteiger partial charge in [0.2, 0.25) is 6.10 Å². The molecule has 0 aromatic rings. The first-order valence-corrected chi connectivity index (χ1v) is 6.08. The molecule has 0 N–H and O–H groups in total. The third kappa shape index (κ3) is 2.57. The van der Waals surface area contributed by atoms with Crippen LogP contribution in [-0.2, 0) is 23.8 Å². The van der Waals surface area contributed by atoms with Gasteiger partial charge in [-0.05, 0) is 13.8 Å². The molecule has 0 aromatic heterocycles. The highest BCUT2D eigenvalue weighted by Gasteiger charge is 2.56. The van der Waals surface area contributed by atoms with Gasteiger partial charge in [-0.25, -0.2) is 0 Å². The van der Waals surface area contributed by atoms with Crippen molar-refractivity contribution < 1.29 is 23.8 Å². The topological polar surface area (TPSA) is 65.1 Å². The van der Waals surface area contributed by atoms with E-state index in [4.69, 9.17) is 20.6 Å². The molecule has 0 radical (unpaired) electrons. The molecular weight excluding hydrogens is 250 g/mol. The highest BCUT2D eigenvalue weighted by molar-refractivity contribution is 5.90. The summed E-state index contributed by atoms with van der Waals surface area (Å²) in [5.74, 6) is 0.930. The number of rotatable bonds is 3. The second-order valence-corrected chi connectivity index (χ2v) is 5.06. The Bertz CT molecular complexity index is 439. The summed E-state index contributed by atoms with van der Waals surface area (Å²) in [4.78, 5) is 24.4. The molecule has 2 aliphatic heterocycles. The number of carbonyl (C=O) groups excluding carboxylic acids is 2. The van der Waals surface area contributed by atoms with Gasteiger partial charge in [0.25, 0.3) is 5.91 Å². The summed E-state index contributed by atoms with van der Waals surface area (Å²) in [6.07, 6.45) is 4.07. The van der Waals surface area contributed by atoms with Gasteiger partial charge in [-0.3, -0.25) is 9.59 Å². The molecular formula is C13H17NO5. The maximum absolute atomic E-state index is 11.9. The highest BCUT2D eigenvalue weighted by atomic mass is 16.7. The first-order valence-electron chi connectivity index (χ1n) is 6.08. The molecule has 0 unspecified atom stereocenters. The minimum absolute atomic E-state index is 0.168. The smallest absolute Gasteiger partial charge is 0.303 e. The van der Waals surface area contributed by atoms with Gasteiger partial charge in [0.05, 0.1) is 13.2 Å². The average Bonchev–Trinajstić information content (AvgIpc) is 2.66. The van der Waals surface area contributed by atoms with E-state index in [2.05, 4.69) is 5.92 Å². The molecule has 0 aromatic carbocycles. The first kappa shape index (κ1) is 13.8. The van der Waals surface area contributed by atoms with Crippen LogP contribution in [0.2, 0.25) is 0 Å². The van der Waals surface area contributed by atoms with Gasteiger partial charge < -0.3 is 19.1 Å². The van der Waals surface area contributed by atoms with Gasteiger partial charge in [0, 0.05) is 6.92 Å². The van der Waals surface area contributed by atoms with E-state index in [1.54, 1.807) is 13.8 Å². The number of likely N-dealkylation sites (tertiary alicyclic amines) is 1. The Kier molecular flexibility index (Phi) is 3.52. The van der Waals surface area contributed by atoms with E-state index in [1.165, 1.54) is 11.8 Å². The standard InChI is InChI=1S/C13H17NO5/c1-5-6-14-10(9-7-17-13(3,4)19-9)11(12(14)16)18-8(2)15/h1,9-11H,6-7H2,2-4H3/t9-,10+,11-/m1/s1. The Hall–Kier alpha value is -1.58. The third-order valence-corrected chi connectivity index (χ3v) is 3.16. The predicted molar refractivity (Wildman–Crippen MR) is 64.8 cm³/mol. The summed E-state index contributed by atoms with van der Waals surface area (Å²) in [6.45, 7) is 5.36. The molecule has 6 heteroatoms. The molecule has 0 spiro atoms. The van der Waals surface area contributed by atoms with Crippen molar-refractivity contribution in [3.63, 3.8) is 0 Å². The van der Waals surface area contributed by atoms with Crippen LogP contribution in [-0.4, -0.2) is 54.0 Å². The first-order chi connectivity index (χ1) is 8.85. The zero-order valence-corrected chi connectivity index (χ0v) is 11.2. The molecule has 104 valence electrons. The van der Waals surface area contributed by atoms with Crippen molar-refractivity contribution in [3.05, 3.63) is 0 Å². The number of terminal acetylenes is 1. The van der Waals surface area contributed by atoms with Gasteiger partial charge in [0.15, 0.2) is 5.79 Å². The third-order valence-electron chi connectivity index (χ3n) is 3.16. The predicted octanol–water partition coefficient (Wildman–Crippen LogP) is -0.0864. The second-order valence-electron chi connectivity index (χ2n) is 5.06. The van der Waals surface area contributed by atoms with Crippen molar-refractivity contribution in [2.45, 2.75) is 44.8 Å². The van der Waals surface area contributed by atoms with Crippen molar-refractivity contribution >= 4 is 11.9 Å². The van der Waals surface area contributed by atoms with E-state index in [9.17, 15) is 9.59 Å². The van der Waals surface area contributed by atoms with E-state index in [-0.39, 0.29) is 24.6 Å². The van der Waals surface area contributed by atoms with Crippen LogP contribution in [0, 0.1) is 12.3 Å². The molecule has 3 atom stereocenters. The van der Waals surface area contributed by atoms with Crippen LogP contribution in [0.4, 0.5) is 0 Å². The Morgan fingerprint density at radius 2 is 2.32 bits per heavy atom. The summed E-state index contributed by atoms with van der Waals surface area (Å²) >= 11 is 0. The lowest BCUT2D eigenvalue weighted by atomic mass is 9.92. The lowest BCUT2D eigenvalue weighted by Crippen LogP contribution is -2.70. The zero-order chi connectivity index (χ0) is 14.2. The van der Waals surface area contributed by atoms with Crippen molar-refractivity contribution in [1.29, 1.82) is 0 Å². The number of hydrogen-bond donors (Lipinski definition) is 0. The normalized spacial score (nSPS) is 32.6. The van der Waals surface area contributed by atoms with Crippen LogP contribution < -0.4 is 0 Å². The number of nitrogens with zero attached hydrogens (tertiary/aromatic N) is 1. The summed E-state index contributed by atoms with van der Waals surface area (Å²) in [7, 11) is 0. The van der Waals surface area contributed by atoms with Crippen LogP contribution in [0.15, 0.2) is 0 Å². The Labute approximate surface area is 112 Å². The van der Waals surface area contributed by atoms with Crippen molar-refractivity contribution in [2.24, 2.45) is 0 Å². The molecule has 19 heavy (non-hydrogen) atoms. The van der Waals surface area contributed by atoms with E-state index in [0.717, 1.165) is 0 Å². The molecule has 2 heterocycles. The maximum Gasteiger partial charge on any atom is 0.303 e. The van der Waals surface area contributed by atoms with E-state index in [1.807, 2.05) is 0 Å². The molecule has 2 aliphatic rings. The van der Waals surface area contributed by atoms with E-state index in [0.29, 0.717) is 6.61 Å². The molecule has 2 fully saturated rings. The fourth-order valence-electron chi connectivity index (χ4n) is 2.40. The van der Waals surface area contributed by atoms with Crippen molar-refractivity contribution in [2.75, 3.05) is 13.2 Å². The highest BCUT2D eigenvalue weighted by Crippen LogP contribution is 2.33. The largest absolute Gasteiger partial charge is 0.450 e. The molecule has 6 nitrogen and oxygen atoms in total. The Morgan fingerprint density at radius 1 is 1.63 bits per heavy atom. The fraction of sp³-hybridized carbons (Fsp3) is 0.692. The van der Waals surface area contributed by atoms with Crippen LogP contribution in [0.1, 0.15) is 20.8 Å². The quantitative estimate of drug-likeness (QED) is 0.406. The molecule has 1 amide bonds. The minimum atomic E-state index is -0.826. The van der Waals surface area contributed by atoms with Crippen LogP contribution in [0.5, 0.6) is 0 Å². The number of esters is 1. The molecule has 2 rings (SSSR count). The molecule has 0 aliphatic carbocycles. The second kappa shape index (κ2) is 4.83. The van der Waals surface area contributed by atoms with Crippen molar-refractivity contribution in [1.82, 2.24) is 4.90 Å². The van der Waals surface area contributed by atoms with Gasteiger partial charge in [-0.1, -0.05) is 5.92 Å². The fourth-order valence-corrected chi connectivity index (χ4v) is 2.40. The van der Waals surface area contributed by atoms with Crippen molar-refractivity contribution in [3.8, 4) is 12.3 Å². The van der Waals surface area contributed by atoms with Gasteiger partial charge in [0.1, 0.15) is 12.1 Å². The van der Waals surface area contributed by atoms with Gasteiger partial charge >= 0.3 is 5.97 Å². The number of hydrogen-bond acceptors (Lipinski definition) is 5. The Morgan fingerprint density at radius 3 is 2.79 bits per heavy atom. The SMILES string of the molecule is C#CCN1C(=O)[C@H](OC(C)=O)[C@@H]1[C@H]1COC(C)(C)O1. The maximum atomic E-state index is 11.9. The summed E-state index contributed by atoms with van der Waals surface area (Å²) in [5, 5.41) is 0. The zero-order valence-electron chi connectivity index (χ0n) is 11.2. The number of β-lactam (4-membered cyclic amide) rings is 1. The Balaban J connectivity index is 2.11. The van der Waals surface area contributed by atoms with Crippen LogP contribution in [0.25, 0.3) is 0 Å². The van der Waals surface area contributed by atoms with E-state index < -0.39 is 17.9 Å². The summed E-state index contributed by atoms with van der Waals surface area (Å²) < 4.78 is 16.2.